The third-order valence-corrected chi connectivity index (χ3v) is 11.1. The number of hydrogen-bond donors (Lipinski definition) is 3. The summed E-state index contributed by atoms with van der Waals surface area (Å²) in [6.45, 7) is 7.56. The maximum absolute atomic E-state index is 13.8. The van der Waals surface area contributed by atoms with E-state index >= 15 is 0 Å². The second-order valence-electron chi connectivity index (χ2n) is 14.1. The van der Waals surface area contributed by atoms with E-state index in [-0.39, 0.29) is 37.0 Å². The summed E-state index contributed by atoms with van der Waals surface area (Å²) in [6.07, 6.45) is 7.87. The van der Waals surface area contributed by atoms with E-state index in [0.717, 1.165) is 50.0 Å². The molecule has 56 heavy (non-hydrogen) atoms. The number of H-pyrrole nitrogens is 2. The first-order chi connectivity index (χ1) is 26.8. The highest BCUT2D eigenvalue weighted by Crippen LogP contribution is 2.52. The lowest BCUT2D eigenvalue weighted by atomic mass is 9.64. The van der Waals surface area contributed by atoms with Crippen molar-refractivity contribution in [2.75, 3.05) is 35.0 Å². The standard InChI is InChI=1S/C43H46N4O9/c1-22-25(10-9-17-48)35-21-37-43(4)29(14-11-28(41(51)55-7)40(43)42(52)56-8)36(47-37)19-32-24(3)27(13-16-39(50)54-6)34(45-32)20-33-26(12-15-38(49)53-5)23(2)31(44-33)18-30(22)46-35/h9-11,14,18-21,40,44,46,48H,12-13,15-17H2,1-8H3/b10-9+,30-18?,31-18?,32-19?,33-20?,34-20?,35-21?,36-19?,37-21?. The summed E-state index contributed by atoms with van der Waals surface area (Å²) < 4.78 is 20.4. The molecule has 5 heterocycles. The number of aromatic nitrogens is 4. The van der Waals surface area contributed by atoms with Gasteiger partial charge in [-0.05, 0) is 98.2 Å². The van der Waals surface area contributed by atoms with Crippen LogP contribution >= 0.6 is 0 Å². The van der Waals surface area contributed by atoms with E-state index in [1.807, 2.05) is 58.0 Å². The van der Waals surface area contributed by atoms with Crippen LogP contribution in [-0.4, -0.2) is 84.0 Å². The molecule has 13 nitrogen and oxygen atoms in total. The van der Waals surface area contributed by atoms with Crippen LogP contribution in [0.25, 0.3) is 44.9 Å². The fourth-order valence-corrected chi connectivity index (χ4v) is 7.90. The van der Waals surface area contributed by atoms with E-state index in [1.54, 1.807) is 18.2 Å². The normalized spacial score (nSPS) is 17.6. The Kier molecular flexibility index (Phi) is 11.3. The molecule has 0 radical (unpaired) electrons. The predicted octanol–water partition coefficient (Wildman–Crippen LogP) is 6.17. The Morgan fingerprint density at radius 2 is 1.45 bits per heavy atom. The number of fused-ring (bicyclic) bond motifs is 11. The Balaban J connectivity index is 1.78. The summed E-state index contributed by atoms with van der Waals surface area (Å²) in [7, 11) is 5.26. The summed E-state index contributed by atoms with van der Waals surface area (Å²) in [5.41, 5.74) is 9.93. The number of aliphatic hydroxyl groups excluding tert-OH is 1. The number of methoxy groups -OCH3 is 4. The van der Waals surface area contributed by atoms with Gasteiger partial charge in [0.05, 0.1) is 68.8 Å². The quantitative estimate of drug-likeness (QED) is 0.159. The van der Waals surface area contributed by atoms with Crippen LogP contribution in [-0.2, 0) is 50.0 Å². The predicted molar refractivity (Wildman–Crippen MR) is 212 cm³/mol. The largest absolute Gasteiger partial charge is 0.469 e. The first kappa shape index (κ1) is 39.6. The molecule has 8 bridgehead atoms. The molecule has 2 unspecified atom stereocenters. The molecule has 0 amide bonds. The van der Waals surface area contributed by atoms with Gasteiger partial charge in [-0.2, -0.15) is 0 Å². The highest BCUT2D eigenvalue weighted by atomic mass is 16.5. The van der Waals surface area contributed by atoms with Crippen molar-refractivity contribution in [3.05, 3.63) is 93.1 Å². The number of ether oxygens (including phenoxy) is 4. The van der Waals surface area contributed by atoms with Crippen molar-refractivity contribution in [2.24, 2.45) is 5.92 Å². The molecule has 3 aliphatic rings. The van der Waals surface area contributed by atoms with Crippen LogP contribution in [0.2, 0.25) is 0 Å². The van der Waals surface area contributed by atoms with Crippen LogP contribution in [0.3, 0.4) is 0 Å². The third kappa shape index (κ3) is 6.98. The lowest BCUT2D eigenvalue weighted by Gasteiger charge is -2.36. The molecule has 0 aromatic carbocycles. The lowest BCUT2D eigenvalue weighted by molar-refractivity contribution is -0.149. The zero-order valence-corrected chi connectivity index (χ0v) is 32.8. The van der Waals surface area contributed by atoms with Crippen LogP contribution in [0.4, 0.5) is 0 Å². The first-order valence-electron chi connectivity index (χ1n) is 18.3. The molecule has 13 heteroatoms. The number of carbonyl (C=O) groups is 4. The summed E-state index contributed by atoms with van der Waals surface area (Å²) in [6, 6.07) is 7.64. The highest BCUT2D eigenvalue weighted by molar-refractivity contribution is 6.02. The molecule has 3 aromatic rings. The lowest BCUT2D eigenvalue weighted by Crippen LogP contribution is -2.42. The minimum atomic E-state index is -1.20. The van der Waals surface area contributed by atoms with Crippen LogP contribution in [0.15, 0.2) is 48.1 Å². The molecule has 3 N–H and O–H groups in total. The Hall–Kier alpha value is -6.08. The fourth-order valence-electron chi connectivity index (χ4n) is 7.90. The zero-order chi connectivity index (χ0) is 40.5. The van der Waals surface area contributed by atoms with Crippen LogP contribution in [0, 0.1) is 19.8 Å². The number of esters is 4. The van der Waals surface area contributed by atoms with Gasteiger partial charge in [-0.15, -0.1) is 0 Å². The molecule has 3 aromatic heterocycles. The van der Waals surface area contributed by atoms with Gasteiger partial charge in [0.25, 0.3) is 0 Å². The average molecular weight is 763 g/mol. The second kappa shape index (κ2) is 16.0. The Morgan fingerprint density at radius 1 is 0.768 bits per heavy atom. The van der Waals surface area contributed by atoms with E-state index in [4.69, 9.17) is 28.9 Å². The van der Waals surface area contributed by atoms with Crippen LogP contribution < -0.4 is 0 Å². The monoisotopic (exact) mass is 762 g/mol. The summed E-state index contributed by atoms with van der Waals surface area (Å²) in [5.74, 6) is -3.11. The molecule has 0 fully saturated rings. The number of aliphatic hydroxyl groups is 1. The van der Waals surface area contributed by atoms with Crippen molar-refractivity contribution in [1.29, 1.82) is 0 Å². The summed E-state index contributed by atoms with van der Waals surface area (Å²) in [4.78, 5) is 69.1. The molecule has 2 atom stereocenters. The molecule has 0 saturated carbocycles. The molecule has 0 spiro atoms. The number of allylic oxidation sites excluding steroid dienone is 5. The third-order valence-electron chi connectivity index (χ3n) is 11.1. The Bertz CT molecular complexity index is 2450. The maximum Gasteiger partial charge on any atom is 0.334 e. The maximum atomic E-state index is 13.8. The SMILES string of the molecule is COC(=O)CCC1=C(C)c2cc3nc(cc4[nH]c(cc5[nH]c(cc1n2)c(CCC(=O)OC)c5C)c(C)c4/C=C/CO)C1(C)C3=CC=C(C(=O)OC)C1C(=O)OC. The van der Waals surface area contributed by atoms with Crippen molar-refractivity contribution in [2.45, 2.75) is 58.8 Å². The van der Waals surface area contributed by atoms with Crippen molar-refractivity contribution < 1.29 is 43.2 Å². The number of carbonyl (C=O) groups excluding carboxylic acids is 4. The molecule has 0 saturated heterocycles. The van der Waals surface area contributed by atoms with Gasteiger partial charge in [0.2, 0.25) is 0 Å². The van der Waals surface area contributed by atoms with E-state index in [2.05, 4.69) is 9.97 Å². The minimum Gasteiger partial charge on any atom is -0.469 e. The van der Waals surface area contributed by atoms with Crippen molar-refractivity contribution in [3.63, 3.8) is 0 Å². The number of aromatic amines is 2. The van der Waals surface area contributed by atoms with E-state index in [9.17, 15) is 24.3 Å². The Labute approximate surface area is 324 Å². The Morgan fingerprint density at radius 3 is 2.11 bits per heavy atom. The number of nitrogens with one attached hydrogen (secondary N) is 2. The van der Waals surface area contributed by atoms with Crippen LogP contribution in [0.5, 0.6) is 0 Å². The van der Waals surface area contributed by atoms with Gasteiger partial charge >= 0.3 is 23.9 Å². The number of hydrogen-bond acceptors (Lipinski definition) is 11. The molecule has 1 aliphatic carbocycles. The number of nitrogens with zero attached hydrogens (tertiary/aromatic N) is 2. The first-order valence-corrected chi connectivity index (χ1v) is 18.3. The van der Waals surface area contributed by atoms with Crippen molar-refractivity contribution in [1.82, 2.24) is 19.9 Å². The van der Waals surface area contributed by atoms with Gasteiger partial charge in [0, 0.05) is 40.5 Å². The van der Waals surface area contributed by atoms with Crippen LogP contribution in [0.1, 0.15) is 78.1 Å². The average Bonchev–Trinajstić information content (AvgIpc) is 3.85. The van der Waals surface area contributed by atoms with E-state index in [1.165, 1.54) is 28.4 Å². The van der Waals surface area contributed by atoms with Gasteiger partial charge < -0.3 is 34.0 Å². The highest BCUT2D eigenvalue weighted by Gasteiger charge is 2.53. The molecular weight excluding hydrogens is 716 g/mol. The van der Waals surface area contributed by atoms with E-state index < -0.39 is 23.3 Å². The van der Waals surface area contributed by atoms with Crippen molar-refractivity contribution >= 4 is 68.7 Å². The molecule has 292 valence electrons. The molecule has 6 rings (SSSR count). The fraction of sp³-hybridized carbons (Fsp3) is 0.349. The molecular formula is C43H46N4O9. The van der Waals surface area contributed by atoms with Gasteiger partial charge in [-0.25, -0.2) is 9.78 Å². The summed E-state index contributed by atoms with van der Waals surface area (Å²) >= 11 is 0. The van der Waals surface area contributed by atoms with E-state index in [0.29, 0.717) is 46.7 Å². The smallest absolute Gasteiger partial charge is 0.334 e. The van der Waals surface area contributed by atoms with Gasteiger partial charge in [0.1, 0.15) is 5.92 Å². The molecule has 2 aliphatic heterocycles. The topological polar surface area (TPSA) is 183 Å². The van der Waals surface area contributed by atoms with Gasteiger partial charge in [-0.3, -0.25) is 19.4 Å². The minimum absolute atomic E-state index is 0.126. The number of aryl methyl sites for hydroxylation is 3. The summed E-state index contributed by atoms with van der Waals surface area (Å²) in [5, 5.41) is 9.79. The van der Waals surface area contributed by atoms with Crippen molar-refractivity contribution in [3.8, 4) is 0 Å². The van der Waals surface area contributed by atoms with Gasteiger partial charge in [-0.1, -0.05) is 24.3 Å². The van der Waals surface area contributed by atoms with Gasteiger partial charge in [0.15, 0.2) is 0 Å². The second-order valence-corrected chi connectivity index (χ2v) is 14.1. The number of rotatable bonds is 10. The zero-order valence-electron chi connectivity index (χ0n) is 32.8.